The number of esters is 2. The van der Waals surface area contributed by atoms with E-state index in [0.29, 0.717) is 26.1 Å². The molecule has 0 saturated carbocycles. The molecule has 0 aromatic heterocycles. The Labute approximate surface area is 185 Å². The predicted octanol–water partition coefficient (Wildman–Crippen LogP) is 4.75. The van der Waals surface area contributed by atoms with E-state index in [1.54, 1.807) is 13.0 Å². The van der Waals surface area contributed by atoms with Crippen LogP contribution in [0.2, 0.25) is 0 Å². The average molecular weight is 433 g/mol. The molecule has 31 heavy (non-hydrogen) atoms. The summed E-state index contributed by atoms with van der Waals surface area (Å²) in [6, 6.07) is 10.1. The third-order valence-corrected chi connectivity index (χ3v) is 5.27. The largest absolute Gasteiger partial charge is 0.463 e. The van der Waals surface area contributed by atoms with Gasteiger partial charge in [-0.2, -0.15) is 0 Å². The Balaban J connectivity index is 2.02. The van der Waals surface area contributed by atoms with Gasteiger partial charge in [0.05, 0.1) is 31.5 Å². The summed E-state index contributed by atoms with van der Waals surface area (Å²) in [5, 5.41) is 0. The lowest BCUT2D eigenvalue weighted by Gasteiger charge is -2.24. The minimum atomic E-state index is -0.385. The molecule has 0 spiro atoms. The maximum absolute atomic E-state index is 11.6. The molecule has 0 bridgehead atoms. The van der Waals surface area contributed by atoms with E-state index in [9.17, 15) is 9.59 Å². The van der Waals surface area contributed by atoms with Crippen LogP contribution in [0.25, 0.3) is 0 Å². The van der Waals surface area contributed by atoms with Gasteiger partial charge in [0, 0.05) is 19.4 Å². The fourth-order valence-corrected chi connectivity index (χ4v) is 3.77. The van der Waals surface area contributed by atoms with E-state index in [1.807, 2.05) is 30.3 Å². The van der Waals surface area contributed by atoms with Crippen LogP contribution >= 0.6 is 0 Å². The first-order chi connectivity index (χ1) is 15.0. The van der Waals surface area contributed by atoms with E-state index in [1.165, 1.54) is 13.0 Å². The Morgan fingerprint density at radius 3 is 2.65 bits per heavy atom. The van der Waals surface area contributed by atoms with Crippen molar-refractivity contribution in [3.63, 3.8) is 0 Å². The van der Waals surface area contributed by atoms with Crippen molar-refractivity contribution in [3.05, 3.63) is 48.0 Å². The molecule has 0 unspecified atom stereocenters. The standard InChI is InChI=1S/C25H36O6/c1-4-6-8-14-21(29-18-20-12-9-7-10-13-20)23-17-24(30-19(3)26)22(31-23)15-11-16-25(27)28-5-2/h7,9-13,16,21-24H,4-6,8,14-15,17-18H2,1-3H3/b16-11+/t21-,22+,23-,24-/m1/s1. The van der Waals surface area contributed by atoms with Gasteiger partial charge in [0.25, 0.3) is 0 Å². The van der Waals surface area contributed by atoms with Gasteiger partial charge in [-0.1, -0.05) is 62.6 Å². The van der Waals surface area contributed by atoms with Crippen LogP contribution in [0.15, 0.2) is 42.5 Å². The van der Waals surface area contributed by atoms with Crippen molar-refractivity contribution < 1.29 is 28.5 Å². The van der Waals surface area contributed by atoms with Crippen LogP contribution in [0, 0.1) is 0 Å². The summed E-state index contributed by atoms with van der Waals surface area (Å²) in [5.41, 5.74) is 1.12. The minimum absolute atomic E-state index is 0.0798. The molecule has 1 aliphatic heterocycles. The SMILES string of the molecule is CCCCC[C@@H](OCc1ccccc1)[C@H]1C[C@@H](OC(C)=O)[C@H](C/C=C/C(=O)OCC)O1. The lowest BCUT2D eigenvalue weighted by atomic mass is 10.0. The molecule has 4 atom stereocenters. The van der Waals surface area contributed by atoms with Crippen LogP contribution in [0.4, 0.5) is 0 Å². The second-order valence-electron chi connectivity index (χ2n) is 7.82. The minimum Gasteiger partial charge on any atom is -0.463 e. The van der Waals surface area contributed by atoms with Gasteiger partial charge >= 0.3 is 11.9 Å². The molecule has 1 heterocycles. The van der Waals surface area contributed by atoms with Gasteiger partial charge in [0.2, 0.25) is 0 Å². The molecule has 0 aliphatic carbocycles. The number of hydrogen-bond donors (Lipinski definition) is 0. The first kappa shape index (κ1) is 25.1. The van der Waals surface area contributed by atoms with Crippen molar-refractivity contribution >= 4 is 11.9 Å². The van der Waals surface area contributed by atoms with Gasteiger partial charge in [-0.25, -0.2) is 4.79 Å². The van der Waals surface area contributed by atoms with Crippen molar-refractivity contribution in [3.8, 4) is 0 Å². The van der Waals surface area contributed by atoms with Crippen LogP contribution in [0.3, 0.4) is 0 Å². The summed E-state index contributed by atoms with van der Waals surface area (Å²) in [5.74, 6) is -0.717. The van der Waals surface area contributed by atoms with Crippen molar-refractivity contribution in [1.29, 1.82) is 0 Å². The molecule has 0 N–H and O–H groups in total. The third-order valence-electron chi connectivity index (χ3n) is 5.27. The highest BCUT2D eigenvalue weighted by atomic mass is 16.6. The Hall–Kier alpha value is -2.18. The Bertz CT molecular complexity index is 687. The second-order valence-corrected chi connectivity index (χ2v) is 7.82. The van der Waals surface area contributed by atoms with Crippen molar-refractivity contribution in [2.24, 2.45) is 0 Å². The molecular formula is C25H36O6. The fourth-order valence-electron chi connectivity index (χ4n) is 3.77. The summed E-state index contributed by atoms with van der Waals surface area (Å²) in [6.07, 6.45) is 7.48. The van der Waals surface area contributed by atoms with Crippen LogP contribution in [-0.2, 0) is 35.1 Å². The molecule has 1 fully saturated rings. The summed E-state index contributed by atoms with van der Waals surface area (Å²) in [7, 11) is 0. The number of carbonyl (C=O) groups is 2. The lowest BCUT2D eigenvalue weighted by Crippen LogP contribution is -2.29. The highest BCUT2D eigenvalue weighted by Crippen LogP contribution is 2.31. The van der Waals surface area contributed by atoms with Gasteiger partial charge in [-0.05, 0) is 25.3 Å². The van der Waals surface area contributed by atoms with E-state index >= 15 is 0 Å². The number of ether oxygens (including phenoxy) is 4. The molecule has 172 valence electrons. The van der Waals surface area contributed by atoms with Crippen LogP contribution < -0.4 is 0 Å². The zero-order chi connectivity index (χ0) is 22.5. The molecule has 6 heteroatoms. The summed E-state index contributed by atoms with van der Waals surface area (Å²) in [6.45, 7) is 6.20. The van der Waals surface area contributed by atoms with Gasteiger partial charge in [0.15, 0.2) is 0 Å². The van der Waals surface area contributed by atoms with Gasteiger partial charge in [-0.3, -0.25) is 4.79 Å². The van der Waals surface area contributed by atoms with E-state index in [2.05, 4.69) is 6.92 Å². The number of carbonyl (C=O) groups excluding carboxylic acids is 2. The summed E-state index contributed by atoms with van der Waals surface area (Å²) >= 11 is 0. The van der Waals surface area contributed by atoms with Gasteiger partial charge in [-0.15, -0.1) is 0 Å². The molecular weight excluding hydrogens is 396 g/mol. The Kier molecular flexibility index (Phi) is 11.3. The quantitative estimate of drug-likeness (QED) is 0.254. The van der Waals surface area contributed by atoms with Gasteiger partial charge in [0.1, 0.15) is 6.10 Å². The van der Waals surface area contributed by atoms with Crippen LogP contribution in [-0.4, -0.2) is 43.0 Å². The maximum atomic E-state index is 11.6. The van der Waals surface area contributed by atoms with Crippen molar-refractivity contribution in [1.82, 2.24) is 0 Å². The van der Waals surface area contributed by atoms with E-state index in [4.69, 9.17) is 18.9 Å². The lowest BCUT2D eigenvalue weighted by molar-refractivity contribution is -0.149. The summed E-state index contributed by atoms with van der Waals surface area (Å²) in [4.78, 5) is 23.2. The maximum Gasteiger partial charge on any atom is 0.330 e. The molecule has 1 aromatic rings. The van der Waals surface area contributed by atoms with E-state index in [-0.39, 0.29) is 36.4 Å². The monoisotopic (exact) mass is 432 g/mol. The van der Waals surface area contributed by atoms with Crippen molar-refractivity contribution in [2.45, 2.75) is 90.3 Å². The third kappa shape index (κ3) is 9.23. The topological polar surface area (TPSA) is 71.1 Å². The zero-order valence-corrected chi connectivity index (χ0v) is 19.0. The van der Waals surface area contributed by atoms with Crippen LogP contribution in [0.5, 0.6) is 0 Å². The molecule has 0 amide bonds. The second kappa shape index (κ2) is 14.0. The van der Waals surface area contributed by atoms with Crippen molar-refractivity contribution in [2.75, 3.05) is 6.61 Å². The van der Waals surface area contributed by atoms with E-state index in [0.717, 1.165) is 31.2 Å². The molecule has 6 nitrogen and oxygen atoms in total. The molecule has 1 saturated heterocycles. The first-order valence-electron chi connectivity index (χ1n) is 11.3. The number of unbranched alkanes of at least 4 members (excludes halogenated alkanes) is 2. The molecule has 0 radical (unpaired) electrons. The highest BCUT2D eigenvalue weighted by Gasteiger charge is 2.40. The average Bonchev–Trinajstić information content (AvgIpc) is 3.13. The summed E-state index contributed by atoms with van der Waals surface area (Å²) < 4.78 is 23.0. The number of hydrogen-bond acceptors (Lipinski definition) is 6. The first-order valence-corrected chi connectivity index (χ1v) is 11.3. The predicted molar refractivity (Wildman–Crippen MR) is 118 cm³/mol. The van der Waals surface area contributed by atoms with E-state index < -0.39 is 0 Å². The van der Waals surface area contributed by atoms with Gasteiger partial charge < -0.3 is 18.9 Å². The normalized spacial score (nSPS) is 21.8. The Morgan fingerprint density at radius 1 is 1.19 bits per heavy atom. The molecule has 1 aromatic carbocycles. The molecule has 1 aliphatic rings. The fraction of sp³-hybridized carbons (Fsp3) is 0.600. The molecule has 2 rings (SSSR count). The number of benzene rings is 1. The number of rotatable bonds is 13. The smallest absolute Gasteiger partial charge is 0.330 e. The van der Waals surface area contributed by atoms with Crippen LogP contribution in [0.1, 0.15) is 64.9 Å². The highest BCUT2D eigenvalue weighted by molar-refractivity contribution is 5.81. The zero-order valence-electron chi connectivity index (χ0n) is 19.0. The Morgan fingerprint density at radius 2 is 1.97 bits per heavy atom.